The van der Waals surface area contributed by atoms with Gasteiger partial charge in [0.1, 0.15) is 11.8 Å². The number of hydrogen-bond acceptors (Lipinski definition) is 7. The highest BCUT2D eigenvalue weighted by atomic mass is 16.7. The number of nitrogens with zero attached hydrogens (tertiary/aromatic N) is 4. The van der Waals surface area contributed by atoms with Crippen LogP contribution in [0.4, 0.5) is 5.82 Å². The van der Waals surface area contributed by atoms with Gasteiger partial charge in [-0.3, -0.25) is 4.57 Å². The van der Waals surface area contributed by atoms with Crippen molar-refractivity contribution in [1.29, 1.82) is 0 Å². The van der Waals surface area contributed by atoms with Crippen LogP contribution in [0.1, 0.15) is 6.23 Å². The topological polar surface area (TPSA) is 108 Å². The molecule has 1 fully saturated rings. The number of fused-ring (bicyclic) bond motifs is 1. The molecule has 1 saturated heterocycles. The van der Waals surface area contributed by atoms with Crippen molar-refractivity contribution in [2.24, 2.45) is 0 Å². The average molecular weight is 237 g/mol. The summed E-state index contributed by atoms with van der Waals surface area (Å²) in [5, 5.41) is 8.92. The summed E-state index contributed by atoms with van der Waals surface area (Å²) >= 11 is 0. The summed E-state index contributed by atoms with van der Waals surface area (Å²) in [5.74, 6) is 0.325. The molecule has 0 radical (unpaired) electrons. The van der Waals surface area contributed by atoms with Crippen LogP contribution in [0, 0.1) is 0 Å². The van der Waals surface area contributed by atoms with Crippen LogP contribution in [-0.4, -0.2) is 44.1 Å². The molecule has 2 atom stereocenters. The molecular formula is C9H11N5O3. The summed E-state index contributed by atoms with van der Waals surface area (Å²) in [6.07, 6.45) is 1.99. The Hall–Kier alpha value is -1.77. The van der Waals surface area contributed by atoms with E-state index in [0.29, 0.717) is 23.6 Å². The van der Waals surface area contributed by atoms with Crippen molar-refractivity contribution in [3.05, 3.63) is 12.7 Å². The minimum Gasteiger partial charge on any atom is -0.391 e. The zero-order valence-electron chi connectivity index (χ0n) is 8.85. The van der Waals surface area contributed by atoms with Crippen LogP contribution in [0.15, 0.2) is 12.7 Å². The zero-order valence-corrected chi connectivity index (χ0v) is 8.85. The molecule has 3 N–H and O–H groups in total. The van der Waals surface area contributed by atoms with Gasteiger partial charge in [-0.15, -0.1) is 0 Å². The smallest absolute Gasteiger partial charge is 0.183 e. The SMILES string of the molecule is Nc1ncnc2c1ncn2[C@H]1CO[C@@H](CO)O1. The maximum absolute atomic E-state index is 8.92. The first-order chi connectivity index (χ1) is 8.29. The molecular weight excluding hydrogens is 226 g/mol. The summed E-state index contributed by atoms with van der Waals surface area (Å²) < 4.78 is 12.4. The maximum atomic E-state index is 8.92. The van der Waals surface area contributed by atoms with Gasteiger partial charge in [0.2, 0.25) is 0 Å². The molecule has 1 aliphatic rings. The number of hydrogen-bond donors (Lipinski definition) is 2. The fourth-order valence-electron chi connectivity index (χ4n) is 1.77. The van der Waals surface area contributed by atoms with Crippen molar-refractivity contribution in [2.45, 2.75) is 12.5 Å². The molecule has 0 spiro atoms. The van der Waals surface area contributed by atoms with E-state index in [9.17, 15) is 0 Å². The van der Waals surface area contributed by atoms with Crippen molar-refractivity contribution in [1.82, 2.24) is 19.5 Å². The number of aliphatic hydroxyl groups excluding tert-OH is 1. The van der Waals surface area contributed by atoms with Gasteiger partial charge in [-0.25, -0.2) is 15.0 Å². The van der Waals surface area contributed by atoms with Crippen LogP contribution in [0.5, 0.6) is 0 Å². The van der Waals surface area contributed by atoms with Crippen molar-refractivity contribution >= 4 is 17.0 Å². The lowest BCUT2D eigenvalue weighted by atomic mass is 10.5. The van der Waals surface area contributed by atoms with E-state index in [1.165, 1.54) is 6.33 Å². The first kappa shape index (κ1) is 10.4. The fraction of sp³-hybridized carbons (Fsp3) is 0.444. The minimum atomic E-state index is -0.600. The van der Waals surface area contributed by atoms with Gasteiger partial charge >= 0.3 is 0 Å². The van der Waals surface area contributed by atoms with Gasteiger partial charge in [0.15, 0.2) is 24.0 Å². The Bertz CT molecular complexity index is 542. The number of rotatable bonds is 2. The Morgan fingerprint density at radius 3 is 3.12 bits per heavy atom. The maximum Gasteiger partial charge on any atom is 0.183 e. The number of anilines is 1. The van der Waals surface area contributed by atoms with Gasteiger partial charge in [0.05, 0.1) is 19.5 Å². The van der Waals surface area contributed by atoms with E-state index in [2.05, 4.69) is 15.0 Å². The number of ether oxygens (including phenoxy) is 2. The predicted molar refractivity (Wildman–Crippen MR) is 56.7 cm³/mol. The lowest BCUT2D eigenvalue weighted by Crippen LogP contribution is -2.15. The molecule has 8 heteroatoms. The molecule has 2 aromatic heterocycles. The van der Waals surface area contributed by atoms with E-state index in [0.717, 1.165) is 0 Å². The van der Waals surface area contributed by atoms with Gasteiger partial charge in [0.25, 0.3) is 0 Å². The highest BCUT2D eigenvalue weighted by Crippen LogP contribution is 2.25. The minimum absolute atomic E-state index is 0.180. The second kappa shape index (κ2) is 3.91. The zero-order chi connectivity index (χ0) is 11.8. The van der Waals surface area contributed by atoms with E-state index in [-0.39, 0.29) is 12.8 Å². The molecule has 0 amide bonds. The normalized spacial score (nSPS) is 24.5. The highest BCUT2D eigenvalue weighted by molar-refractivity contribution is 5.81. The third kappa shape index (κ3) is 1.62. The third-order valence-electron chi connectivity index (χ3n) is 2.58. The largest absolute Gasteiger partial charge is 0.391 e. The third-order valence-corrected chi connectivity index (χ3v) is 2.58. The predicted octanol–water partition coefficient (Wildman–Crippen LogP) is -0.728. The van der Waals surface area contributed by atoms with E-state index in [1.807, 2.05) is 0 Å². The van der Waals surface area contributed by atoms with E-state index in [4.69, 9.17) is 20.3 Å². The molecule has 90 valence electrons. The number of nitrogens with two attached hydrogens (primary N) is 1. The van der Waals surface area contributed by atoms with Gasteiger partial charge < -0.3 is 20.3 Å². The summed E-state index contributed by atoms with van der Waals surface area (Å²) in [7, 11) is 0. The molecule has 0 aliphatic carbocycles. The number of imidazole rings is 1. The standard InChI is InChI=1S/C9H11N5O3/c10-8-7-9(12-3-11-8)14(4-13-7)5-2-16-6(1-15)17-5/h3-6,15H,1-2H2,(H2,10,11,12)/t5-,6-/m1/s1. The fourth-order valence-corrected chi connectivity index (χ4v) is 1.77. The molecule has 0 aromatic carbocycles. The Balaban J connectivity index is 1.99. The van der Waals surface area contributed by atoms with E-state index < -0.39 is 6.29 Å². The molecule has 3 rings (SSSR count). The van der Waals surface area contributed by atoms with E-state index in [1.54, 1.807) is 10.9 Å². The molecule has 17 heavy (non-hydrogen) atoms. The lowest BCUT2D eigenvalue weighted by Gasteiger charge is -2.11. The second-order valence-electron chi connectivity index (χ2n) is 3.62. The molecule has 3 heterocycles. The highest BCUT2D eigenvalue weighted by Gasteiger charge is 2.28. The van der Waals surface area contributed by atoms with Gasteiger partial charge in [-0.2, -0.15) is 0 Å². The summed E-state index contributed by atoms with van der Waals surface area (Å²) in [4.78, 5) is 12.1. The summed E-state index contributed by atoms with van der Waals surface area (Å²) in [6.45, 7) is 0.154. The van der Waals surface area contributed by atoms with Crippen LogP contribution in [0.25, 0.3) is 11.2 Å². The first-order valence-corrected chi connectivity index (χ1v) is 5.10. The first-order valence-electron chi connectivity index (χ1n) is 5.10. The van der Waals surface area contributed by atoms with Crippen LogP contribution in [0.2, 0.25) is 0 Å². The number of aliphatic hydroxyl groups is 1. The van der Waals surface area contributed by atoms with Gasteiger partial charge in [0, 0.05) is 0 Å². The molecule has 0 saturated carbocycles. The van der Waals surface area contributed by atoms with Crippen LogP contribution < -0.4 is 5.73 Å². The number of nitrogen functional groups attached to an aromatic ring is 1. The van der Waals surface area contributed by atoms with Crippen LogP contribution in [0.3, 0.4) is 0 Å². The van der Waals surface area contributed by atoms with Crippen molar-refractivity contribution in [2.75, 3.05) is 18.9 Å². The summed E-state index contributed by atoms with van der Waals surface area (Å²) in [5.41, 5.74) is 6.80. The Morgan fingerprint density at radius 1 is 1.47 bits per heavy atom. The Labute approximate surface area is 96.0 Å². The van der Waals surface area contributed by atoms with Crippen molar-refractivity contribution in [3.63, 3.8) is 0 Å². The lowest BCUT2D eigenvalue weighted by molar-refractivity contribution is -0.0980. The molecule has 1 aliphatic heterocycles. The average Bonchev–Trinajstić information content (AvgIpc) is 2.94. The van der Waals surface area contributed by atoms with Gasteiger partial charge in [-0.05, 0) is 0 Å². The molecule has 8 nitrogen and oxygen atoms in total. The number of aromatic nitrogens is 4. The quantitative estimate of drug-likeness (QED) is 0.708. The Kier molecular flexibility index (Phi) is 2.39. The van der Waals surface area contributed by atoms with Crippen LogP contribution >= 0.6 is 0 Å². The van der Waals surface area contributed by atoms with E-state index >= 15 is 0 Å². The second-order valence-corrected chi connectivity index (χ2v) is 3.62. The van der Waals surface area contributed by atoms with Crippen molar-refractivity contribution in [3.8, 4) is 0 Å². The molecule has 0 unspecified atom stereocenters. The molecule has 0 bridgehead atoms. The van der Waals surface area contributed by atoms with Crippen molar-refractivity contribution < 1.29 is 14.6 Å². The van der Waals surface area contributed by atoms with Gasteiger partial charge in [-0.1, -0.05) is 0 Å². The monoisotopic (exact) mass is 237 g/mol. The molecule has 2 aromatic rings. The Morgan fingerprint density at radius 2 is 2.35 bits per heavy atom. The van der Waals surface area contributed by atoms with Crippen LogP contribution in [-0.2, 0) is 9.47 Å². The summed E-state index contributed by atoms with van der Waals surface area (Å²) in [6, 6.07) is 0.